The maximum Gasteiger partial charge on any atom is 0.152 e. The van der Waals surface area contributed by atoms with Crippen LogP contribution in [0.5, 0.6) is 5.75 Å². The highest BCUT2D eigenvalue weighted by Gasteiger charge is 2.71. The fraction of sp³-hybridized carbons (Fsp3) is 0.500. The molecule has 0 amide bonds. The Morgan fingerprint density at radius 2 is 1.90 bits per heavy atom. The molecule has 1 aliphatic carbocycles. The Balaban J connectivity index is 2.46. The van der Waals surface area contributed by atoms with Gasteiger partial charge in [0.15, 0.2) is 9.84 Å². The normalized spacial score (nSPS) is 28.1. The van der Waals surface area contributed by atoms with E-state index in [9.17, 15) is 8.42 Å². The van der Waals surface area contributed by atoms with Crippen molar-refractivity contribution in [2.24, 2.45) is 11.1 Å². The van der Waals surface area contributed by atoms with Gasteiger partial charge in [0, 0.05) is 19.3 Å². The van der Waals surface area contributed by atoms with Gasteiger partial charge in [-0.1, -0.05) is 24.4 Å². The molecule has 2 N–H and O–H groups in total. The van der Waals surface area contributed by atoms with E-state index in [4.69, 9.17) is 27.4 Å². The average Bonchev–Trinajstić information content (AvgIpc) is 3.10. The van der Waals surface area contributed by atoms with Gasteiger partial charge in [-0.05, 0) is 17.7 Å². The van der Waals surface area contributed by atoms with Crippen LogP contribution in [0.15, 0.2) is 24.3 Å². The van der Waals surface area contributed by atoms with Gasteiger partial charge in [-0.25, -0.2) is 8.42 Å². The summed E-state index contributed by atoms with van der Waals surface area (Å²) in [5, 5.41) is -0.643. The molecule has 0 radical (unpaired) electrons. The molecule has 3 atom stereocenters. The molecular weight excluding hydrogens is 310 g/mol. The van der Waals surface area contributed by atoms with E-state index in [2.05, 4.69) is 0 Å². The van der Waals surface area contributed by atoms with Crippen molar-refractivity contribution >= 4 is 27.0 Å². The van der Waals surface area contributed by atoms with Gasteiger partial charge < -0.3 is 15.2 Å². The highest BCUT2D eigenvalue weighted by Crippen LogP contribution is 2.63. The summed E-state index contributed by atoms with van der Waals surface area (Å²) in [7, 11) is -0.201. The zero-order valence-electron chi connectivity index (χ0n) is 12.2. The number of hydrogen-bond acceptors (Lipinski definition) is 5. The second-order valence-corrected chi connectivity index (χ2v) is 7.95. The molecular formula is C14H19NO4S2. The zero-order chi connectivity index (χ0) is 15.8. The molecule has 0 spiro atoms. The van der Waals surface area contributed by atoms with Gasteiger partial charge in [-0.3, -0.25) is 0 Å². The van der Waals surface area contributed by atoms with Crippen LogP contribution in [0.1, 0.15) is 11.5 Å². The summed E-state index contributed by atoms with van der Waals surface area (Å²) < 4.78 is 34.5. The van der Waals surface area contributed by atoms with Crippen molar-refractivity contribution < 1.29 is 17.9 Å². The molecule has 2 rings (SSSR count). The molecule has 1 saturated carbocycles. The number of hydrogen-bond donors (Lipinski definition) is 1. The monoisotopic (exact) mass is 329 g/mol. The fourth-order valence-corrected chi connectivity index (χ4v) is 5.40. The summed E-state index contributed by atoms with van der Waals surface area (Å²) in [6.45, 7) is 0.191. The lowest BCUT2D eigenvalue weighted by Gasteiger charge is -2.15. The Morgan fingerprint density at radius 3 is 2.29 bits per heavy atom. The molecule has 116 valence electrons. The van der Waals surface area contributed by atoms with Gasteiger partial charge in [-0.2, -0.15) is 0 Å². The van der Waals surface area contributed by atoms with Crippen LogP contribution in [-0.4, -0.2) is 45.7 Å². The molecule has 0 bridgehead atoms. The lowest BCUT2D eigenvalue weighted by molar-refractivity contribution is 0.166. The number of rotatable bonds is 6. The van der Waals surface area contributed by atoms with E-state index in [1.54, 1.807) is 19.2 Å². The molecule has 0 unspecified atom stereocenters. The van der Waals surface area contributed by atoms with Gasteiger partial charge in [0.2, 0.25) is 0 Å². The molecule has 0 heterocycles. The summed E-state index contributed by atoms with van der Waals surface area (Å²) in [6, 6.07) is 7.28. The van der Waals surface area contributed by atoms with Crippen LogP contribution in [0.2, 0.25) is 0 Å². The van der Waals surface area contributed by atoms with E-state index in [0.29, 0.717) is 5.75 Å². The van der Waals surface area contributed by atoms with Crippen LogP contribution in [-0.2, 0) is 14.6 Å². The van der Waals surface area contributed by atoms with Crippen molar-refractivity contribution in [3.63, 3.8) is 0 Å². The molecule has 7 heteroatoms. The van der Waals surface area contributed by atoms with Crippen LogP contribution >= 0.6 is 12.2 Å². The summed E-state index contributed by atoms with van der Waals surface area (Å²) in [6.07, 6.45) is 1.21. The third kappa shape index (κ3) is 2.65. The van der Waals surface area contributed by atoms with Crippen LogP contribution in [0.3, 0.4) is 0 Å². The highest BCUT2D eigenvalue weighted by molar-refractivity contribution is 7.92. The molecule has 1 fully saturated rings. The second kappa shape index (κ2) is 5.55. The van der Waals surface area contributed by atoms with Crippen molar-refractivity contribution in [3.05, 3.63) is 29.8 Å². The van der Waals surface area contributed by atoms with Crippen molar-refractivity contribution in [2.45, 2.75) is 11.2 Å². The minimum Gasteiger partial charge on any atom is -0.497 e. The largest absolute Gasteiger partial charge is 0.497 e. The number of benzene rings is 1. The Hall–Kier alpha value is -1.18. The molecule has 0 aromatic heterocycles. The third-order valence-electron chi connectivity index (χ3n) is 4.03. The van der Waals surface area contributed by atoms with Gasteiger partial charge in [0.25, 0.3) is 0 Å². The first-order valence-corrected chi connectivity index (χ1v) is 8.77. The standard InChI is InChI=1S/C14H19NO4S2/c1-18-8-14(13(15)20)11(12(14)21(3,16)17)9-4-6-10(19-2)7-5-9/h4-7,11-12H,8H2,1-3H3,(H2,15,20)/t11-,12+,14-/m1/s1. The lowest BCUT2D eigenvalue weighted by atomic mass is 10.00. The Bertz CT molecular complexity index is 641. The fourth-order valence-electron chi connectivity index (χ4n) is 3.09. The molecule has 1 aromatic rings. The Kier molecular flexibility index (Phi) is 4.28. The lowest BCUT2D eigenvalue weighted by Crippen LogP contribution is -2.32. The number of ether oxygens (including phenoxy) is 2. The molecule has 0 aliphatic heterocycles. The van der Waals surface area contributed by atoms with Crippen molar-refractivity contribution in [3.8, 4) is 5.75 Å². The number of methoxy groups -OCH3 is 2. The van der Waals surface area contributed by atoms with Gasteiger partial charge in [0.1, 0.15) is 5.75 Å². The third-order valence-corrected chi connectivity index (χ3v) is 6.03. The minimum absolute atomic E-state index is 0.181. The predicted octanol–water partition coefficient (Wildman–Crippen LogP) is 1.12. The summed E-state index contributed by atoms with van der Waals surface area (Å²) in [5.74, 6) is 0.429. The van der Waals surface area contributed by atoms with Crippen LogP contribution in [0.25, 0.3) is 0 Å². The van der Waals surface area contributed by atoms with Gasteiger partial charge in [-0.15, -0.1) is 0 Å². The van der Waals surface area contributed by atoms with Gasteiger partial charge >= 0.3 is 0 Å². The van der Waals surface area contributed by atoms with E-state index in [1.807, 2.05) is 12.1 Å². The van der Waals surface area contributed by atoms with E-state index >= 15 is 0 Å². The number of nitrogens with two attached hydrogens (primary N) is 1. The maximum atomic E-state index is 12.1. The van der Waals surface area contributed by atoms with E-state index in [-0.39, 0.29) is 17.5 Å². The molecule has 5 nitrogen and oxygen atoms in total. The molecule has 1 aliphatic rings. The summed E-state index contributed by atoms with van der Waals surface area (Å²) in [5.41, 5.74) is 5.90. The smallest absolute Gasteiger partial charge is 0.152 e. The predicted molar refractivity (Wildman–Crippen MR) is 85.5 cm³/mol. The highest BCUT2D eigenvalue weighted by atomic mass is 32.2. The van der Waals surface area contributed by atoms with Crippen LogP contribution in [0, 0.1) is 5.41 Å². The first-order valence-electron chi connectivity index (χ1n) is 6.40. The first-order chi connectivity index (χ1) is 9.79. The first kappa shape index (κ1) is 16.2. The van der Waals surface area contributed by atoms with Crippen molar-refractivity contribution in [1.29, 1.82) is 0 Å². The van der Waals surface area contributed by atoms with Crippen LogP contribution < -0.4 is 10.5 Å². The Morgan fingerprint density at radius 1 is 1.33 bits per heavy atom. The molecule has 21 heavy (non-hydrogen) atoms. The quantitative estimate of drug-likeness (QED) is 0.788. The maximum absolute atomic E-state index is 12.1. The minimum atomic E-state index is -3.30. The molecule has 1 aromatic carbocycles. The number of sulfone groups is 1. The average molecular weight is 329 g/mol. The number of thiocarbonyl (C=S) groups is 1. The van der Waals surface area contributed by atoms with E-state index in [0.717, 1.165) is 5.56 Å². The SMILES string of the molecule is COC[C@@]1(C(N)=S)[C@H](c2ccc(OC)cc2)[C@@H]1S(C)(=O)=O. The van der Waals surface area contributed by atoms with E-state index in [1.165, 1.54) is 13.4 Å². The second-order valence-electron chi connectivity index (χ2n) is 5.34. The summed E-state index contributed by atoms with van der Waals surface area (Å²) >= 11 is 5.14. The van der Waals surface area contributed by atoms with Crippen molar-refractivity contribution in [2.75, 3.05) is 27.1 Å². The molecule has 0 saturated heterocycles. The van der Waals surface area contributed by atoms with Crippen molar-refractivity contribution in [1.82, 2.24) is 0 Å². The van der Waals surface area contributed by atoms with E-state index < -0.39 is 20.5 Å². The Labute approximate surface area is 130 Å². The van der Waals surface area contributed by atoms with Gasteiger partial charge in [0.05, 0.1) is 29.4 Å². The zero-order valence-corrected chi connectivity index (χ0v) is 13.8. The van der Waals surface area contributed by atoms with Crippen LogP contribution in [0.4, 0.5) is 0 Å². The summed E-state index contributed by atoms with van der Waals surface area (Å²) in [4.78, 5) is 0.181. The topological polar surface area (TPSA) is 78.6 Å².